The fourth-order valence-electron chi connectivity index (χ4n) is 5.60. The van der Waals surface area contributed by atoms with Crippen molar-refractivity contribution < 1.29 is 17.9 Å². The Morgan fingerprint density at radius 3 is 2.41 bits per heavy atom. The van der Waals surface area contributed by atoms with E-state index in [0.29, 0.717) is 5.92 Å². The van der Waals surface area contributed by atoms with Gasteiger partial charge in [0.1, 0.15) is 5.75 Å². The molecule has 0 amide bonds. The van der Waals surface area contributed by atoms with Gasteiger partial charge in [0.15, 0.2) is 0 Å². The summed E-state index contributed by atoms with van der Waals surface area (Å²) < 4.78 is 44.2. The zero-order valence-electron chi connectivity index (χ0n) is 22.2. The number of aryl methyl sites for hydroxylation is 1. The van der Waals surface area contributed by atoms with Crippen LogP contribution in [0.2, 0.25) is 5.02 Å². The molecule has 7 heteroatoms. The molecular formula is C32H34ClF3N2O. The van der Waals surface area contributed by atoms with Crippen molar-refractivity contribution in [2.24, 2.45) is 5.92 Å². The van der Waals surface area contributed by atoms with Gasteiger partial charge in [0.05, 0.1) is 0 Å². The molecule has 206 valence electrons. The number of unbranched alkanes of at least 4 members (excludes halogenated alkanes) is 1. The van der Waals surface area contributed by atoms with Crippen LogP contribution in [0, 0.1) is 5.92 Å². The molecule has 1 aliphatic heterocycles. The molecule has 0 atom stereocenters. The molecular weight excluding hydrogens is 521 g/mol. The van der Waals surface area contributed by atoms with Gasteiger partial charge < -0.3 is 9.30 Å². The van der Waals surface area contributed by atoms with Crippen LogP contribution in [0.1, 0.15) is 43.7 Å². The lowest BCUT2D eigenvalue weighted by Crippen LogP contribution is -2.33. The van der Waals surface area contributed by atoms with Crippen LogP contribution < -0.4 is 4.74 Å². The molecule has 1 aliphatic rings. The number of piperidine rings is 1. The molecule has 0 spiro atoms. The van der Waals surface area contributed by atoms with Gasteiger partial charge in [-0.05, 0) is 91.7 Å². The van der Waals surface area contributed by atoms with E-state index in [0.717, 1.165) is 85.3 Å². The minimum absolute atomic E-state index is 0.209. The van der Waals surface area contributed by atoms with Crippen LogP contribution in [0.5, 0.6) is 5.75 Å². The van der Waals surface area contributed by atoms with E-state index in [4.69, 9.17) is 11.6 Å². The van der Waals surface area contributed by atoms with E-state index in [9.17, 15) is 13.2 Å². The standard InChI is InChI=1S/C32H34ClF3N2O/c1-2-3-16-38-22-29(25-9-11-27(12-10-25)39-32(34,35)36)28-20-24(8-13-31(28)38)21-37-17-14-23(15-18-37)19-26-6-4-5-7-30(26)33/h4-13,20,22-23H,2-3,14-19,21H2,1H3. The Labute approximate surface area is 233 Å². The third kappa shape index (κ3) is 6.98. The van der Waals surface area contributed by atoms with Crippen LogP contribution >= 0.6 is 11.6 Å². The van der Waals surface area contributed by atoms with Crippen LogP contribution in [-0.4, -0.2) is 28.9 Å². The lowest BCUT2D eigenvalue weighted by Gasteiger charge is -2.32. The van der Waals surface area contributed by atoms with E-state index < -0.39 is 6.36 Å². The van der Waals surface area contributed by atoms with Crippen molar-refractivity contribution in [3.05, 3.63) is 89.1 Å². The van der Waals surface area contributed by atoms with Crippen LogP contribution in [0.4, 0.5) is 13.2 Å². The second-order valence-corrected chi connectivity index (χ2v) is 10.9. The summed E-state index contributed by atoms with van der Waals surface area (Å²) in [6, 6.07) is 21.0. The minimum atomic E-state index is -4.70. The molecule has 2 heterocycles. The van der Waals surface area contributed by atoms with E-state index >= 15 is 0 Å². The smallest absolute Gasteiger partial charge is 0.406 e. The van der Waals surface area contributed by atoms with Gasteiger partial charge in [-0.3, -0.25) is 4.90 Å². The number of fused-ring (bicyclic) bond motifs is 1. The molecule has 4 aromatic rings. The zero-order chi connectivity index (χ0) is 27.4. The van der Waals surface area contributed by atoms with Gasteiger partial charge in [0.25, 0.3) is 0 Å². The number of ether oxygens (including phenoxy) is 1. The molecule has 39 heavy (non-hydrogen) atoms. The first-order chi connectivity index (χ1) is 18.8. The van der Waals surface area contributed by atoms with Crippen molar-refractivity contribution >= 4 is 22.5 Å². The third-order valence-electron chi connectivity index (χ3n) is 7.68. The predicted octanol–water partition coefficient (Wildman–Crippen LogP) is 9.12. The lowest BCUT2D eigenvalue weighted by atomic mass is 9.90. The Morgan fingerprint density at radius 2 is 1.72 bits per heavy atom. The van der Waals surface area contributed by atoms with E-state index in [1.807, 2.05) is 12.1 Å². The van der Waals surface area contributed by atoms with Crippen LogP contribution in [0.25, 0.3) is 22.0 Å². The minimum Gasteiger partial charge on any atom is -0.406 e. The average Bonchev–Trinajstić information content (AvgIpc) is 3.27. The normalized spacial score (nSPS) is 15.2. The van der Waals surface area contributed by atoms with E-state index in [1.54, 1.807) is 12.1 Å². The predicted molar refractivity (Wildman–Crippen MR) is 152 cm³/mol. The van der Waals surface area contributed by atoms with Gasteiger partial charge >= 0.3 is 6.36 Å². The second-order valence-electron chi connectivity index (χ2n) is 10.5. The van der Waals surface area contributed by atoms with Gasteiger partial charge in [-0.15, -0.1) is 13.2 Å². The van der Waals surface area contributed by atoms with Gasteiger partial charge in [0.2, 0.25) is 0 Å². The van der Waals surface area contributed by atoms with Crippen molar-refractivity contribution in [1.29, 1.82) is 0 Å². The molecule has 1 saturated heterocycles. The van der Waals surface area contributed by atoms with Gasteiger partial charge in [0, 0.05) is 40.8 Å². The van der Waals surface area contributed by atoms with Gasteiger partial charge in [-0.1, -0.05) is 61.3 Å². The van der Waals surface area contributed by atoms with E-state index in [2.05, 4.69) is 57.7 Å². The van der Waals surface area contributed by atoms with Gasteiger partial charge in [-0.2, -0.15) is 0 Å². The largest absolute Gasteiger partial charge is 0.573 e. The number of likely N-dealkylation sites (tertiary alicyclic amines) is 1. The molecule has 1 aromatic heterocycles. The maximum atomic E-state index is 12.6. The number of rotatable bonds is 9. The van der Waals surface area contributed by atoms with Gasteiger partial charge in [-0.25, -0.2) is 0 Å². The molecule has 0 radical (unpaired) electrons. The highest BCUT2D eigenvalue weighted by Gasteiger charge is 2.31. The SMILES string of the molecule is CCCCn1cc(-c2ccc(OC(F)(F)F)cc2)c2cc(CN3CCC(Cc4ccccc4Cl)CC3)ccc21. The number of benzene rings is 3. The highest BCUT2D eigenvalue weighted by Crippen LogP contribution is 2.34. The highest BCUT2D eigenvalue weighted by molar-refractivity contribution is 6.31. The summed E-state index contributed by atoms with van der Waals surface area (Å²) in [5, 5.41) is 1.99. The highest BCUT2D eigenvalue weighted by atomic mass is 35.5. The molecule has 0 unspecified atom stereocenters. The van der Waals surface area contributed by atoms with Crippen LogP contribution in [-0.2, 0) is 19.5 Å². The van der Waals surface area contributed by atoms with Crippen molar-refractivity contribution in [1.82, 2.24) is 9.47 Å². The van der Waals surface area contributed by atoms with Crippen molar-refractivity contribution in [3.8, 4) is 16.9 Å². The number of hydrogen-bond donors (Lipinski definition) is 0. The maximum Gasteiger partial charge on any atom is 0.573 e. The molecule has 0 aliphatic carbocycles. The van der Waals surface area contributed by atoms with Crippen molar-refractivity contribution in [2.45, 2.75) is 58.5 Å². The molecule has 3 aromatic carbocycles. The fourth-order valence-corrected chi connectivity index (χ4v) is 5.82. The molecule has 3 nitrogen and oxygen atoms in total. The molecule has 5 rings (SSSR count). The maximum absolute atomic E-state index is 12.6. The first-order valence-corrected chi connectivity index (χ1v) is 14.1. The molecule has 0 saturated carbocycles. The number of nitrogens with zero attached hydrogens (tertiary/aromatic N) is 2. The summed E-state index contributed by atoms with van der Waals surface area (Å²) in [6.07, 6.45) is 2.91. The quantitative estimate of drug-likeness (QED) is 0.205. The number of hydrogen-bond acceptors (Lipinski definition) is 2. The molecule has 1 fully saturated rings. The Balaban J connectivity index is 1.32. The topological polar surface area (TPSA) is 17.4 Å². The number of aromatic nitrogens is 1. The summed E-state index contributed by atoms with van der Waals surface area (Å²) in [4.78, 5) is 2.52. The second kappa shape index (κ2) is 12.1. The summed E-state index contributed by atoms with van der Waals surface area (Å²) in [7, 11) is 0. The summed E-state index contributed by atoms with van der Waals surface area (Å²) in [5.41, 5.74) is 5.54. The summed E-state index contributed by atoms with van der Waals surface area (Å²) >= 11 is 6.38. The van der Waals surface area contributed by atoms with Crippen molar-refractivity contribution in [3.63, 3.8) is 0 Å². The Hall–Kier alpha value is -2.96. The zero-order valence-corrected chi connectivity index (χ0v) is 22.9. The fraction of sp³-hybridized carbons (Fsp3) is 0.375. The third-order valence-corrected chi connectivity index (χ3v) is 8.05. The van der Waals surface area contributed by atoms with E-state index in [-0.39, 0.29) is 5.75 Å². The van der Waals surface area contributed by atoms with E-state index in [1.165, 1.54) is 23.3 Å². The Morgan fingerprint density at radius 1 is 0.974 bits per heavy atom. The first kappa shape index (κ1) is 27.6. The summed E-state index contributed by atoms with van der Waals surface area (Å²) in [5.74, 6) is 0.437. The number of halogens is 4. The molecule has 0 N–H and O–H groups in total. The van der Waals surface area contributed by atoms with Crippen LogP contribution in [0.15, 0.2) is 72.9 Å². The van der Waals surface area contributed by atoms with Crippen LogP contribution in [0.3, 0.4) is 0 Å². The first-order valence-electron chi connectivity index (χ1n) is 13.7. The molecule has 0 bridgehead atoms. The average molecular weight is 555 g/mol. The Kier molecular flexibility index (Phi) is 8.53. The lowest BCUT2D eigenvalue weighted by molar-refractivity contribution is -0.274. The monoisotopic (exact) mass is 554 g/mol. The van der Waals surface area contributed by atoms with Crippen molar-refractivity contribution in [2.75, 3.05) is 13.1 Å². The number of alkyl halides is 3. The summed E-state index contributed by atoms with van der Waals surface area (Å²) in [6.45, 7) is 6.06. The Bertz CT molecular complexity index is 1390.